The number of ether oxygens (including phenoxy) is 1. The van der Waals surface area contributed by atoms with Gasteiger partial charge in [0.15, 0.2) is 0 Å². The van der Waals surface area contributed by atoms with E-state index in [0.29, 0.717) is 5.75 Å². The topological polar surface area (TPSA) is 113 Å². The fourth-order valence-corrected chi connectivity index (χ4v) is 3.60. The maximum absolute atomic E-state index is 13.4. The molecule has 0 bridgehead atoms. The Bertz CT molecular complexity index is 1490. The molecule has 1 aromatic heterocycles. The molecule has 0 aliphatic heterocycles. The number of aromatic nitrogens is 1. The van der Waals surface area contributed by atoms with Gasteiger partial charge in [0, 0.05) is 16.6 Å². The van der Waals surface area contributed by atoms with Crippen LogP contribution in [0.1, 0.15) is 31.8 Å². The molecular weight excluding hydrogens is 479 g/mol. The zero-order valence-electron chi connectivity index (χ0n) is 18.6. The lowest BCUT2D eigenvalue weighted by Gasteiger charge is -2.10. The fraction of sp³-hybridized carbons (Fsp3) is 0.0800. The Balaban J connectivity index is 1.77. The van der Waals surface area contributed by atoms with Crippen LogP contribution in [-0.2, 0) is 6.18 Å². The second-order valence-corrected chi connectivity index (χ2v) is 7.59. The number of hydrazone groups is 1. The molecular formula is C25H18F3N3O5. The molecule has 3 N–H and O–H groups in total. The molecule has 36 heavy (non-hydrogen) atoms. The van der Waals surface area contributed by atoms with Crippen molar-refractivity contribution in [2.75, 3.05) is 7.11 Å². The first-order valence-corrected chi connectivity index (χ1v) is 10.4. The summed E-state index contributed by atoms with van der Waals surface area (Å²) >= 11 is 0. The number of fused-ring (bicyclic) bond motifs is 1. The number of nitrogens with one attached hydrogen (secondary N) is 1. The highest BCUT2D eigenvalue weighted by atomic mass is 19.4. The van der Waals surface area contributed by atoms with Crippen molar-refractivity contribution in [1.29, 1.82) is 0 Å². The molecule has 0 aliphatic carbocycles. The Hall–Kier alpha value is -4.80. The second kappa shape index (κ2) is 9.45. The number of carbonyl (C=O) groups is 2. The molecule has 0 atom stereocenters. The summed E-state index contributed by atoms with van der Waals surface area (Å²) in [5.41, 5.74) is 1.61. The van der Waals surface area contributed by atoms with Crippen molar-refractivity contribution in [3.63, 3.8) is 0 Å². The van der Waals surface area contributed by atoms with Gasteiger partial charge in [-0.2, -0.15) is 18.3 Å². The number of aromatic carboxylic acids is 1. The molecule has 4 rings (SSSR count). The second-order valence-electron chi connectivity index (χ2n) is 7.59. The van der Waals surface area contributed by atoms with Crippen LogP contribution in [0.5, 0.6) is 11.6 Å². The monoisotopic (exact) mass is 497 g/mol. The molecule has 11 heteroatoms. The van der Waals surface area contributed by atoms with Crippen LogP contribution in [-0.4, -0.2) is 40.0 Å². The van der Waals surface area contributed by atoms with Crippen LogP contribution in [0.25, 0.3) is 16.6 Å². The van der Waals surface area contributed by atoms with Gasteiger partial charge in [0.1, 0.15) is 5.75 Å². The van der Waals surface area contributed by atoms with Gasteiger partial charge in [-0.1, -0.05) is 12.1 Å². The molecule has 4 aromatic rings. The molecule has 0 unspecified atom stereocenters. The van der Waals surface area contributed by atoms with Gasteiger partial charge in [0.25, 0.3) is 5.91 Å². The van der Waals surface area contributed by atoms with E-state index in [1.807, 2.05) is 0 Å². The minimum atomic E-state index is -4.65. The molecule has 0 saturated carbocycles. The summed E-state index contributed by atoms with van der Waals surface area (Å²) in [6.07, 6.45) is -3.55. The van der Waals surface area contributed by atoms with E-state index < -0.39 is 29.5 Å². The Morgan fingerprint density at radius 2 is 1.75 bits per heavy atom. The fourth-order valence-electron chi connectivity index (χ4n) is 3.60. The summed E-state index contributed by atoms with van der Waals surface area (Å²) in [5.74, 6) is -1.75. The molecule has 0 fully saturated rings. The standard InChI is InChI=1S/C25H18F3N3O5/c1-36-18-8-5-14(6-9-18)22(32)30-29-13-20-19-10-7-16(25(26,27)28)12-21(19)31(23(20)33)17-4-2-3-15(11-17)24(34)35/h2-13,33H,1H3,(H,30,32)(H,34,35). The molecule has 0 radical (unpaired) electrons. The molecule has 0 spiro atoms. The number of methoxy groups -OCH3 is 1. The van der Waals surface area contributed by atoms with Crippen LogP contribution in [0.4, 0.5) is 13.2 Å². The number of aromatic hydroxyl groups is 1. The SMILES string of the molecule is COc1ccc(C(=O)NN=Cc2c(O)n(-c3cccc(C(=O)O)c3)c3cc(C(F)(F)F)ccc23)cc1. The Kier molecular flexibility index (Phi) is 6.39. The van der Waals surface area contributed by atoms with Gasteiger partial charge in [-0.3, -0.25) is 9.36 Å². The van der Waals surface area contributed by atoms with Crippen LogP contribution in [0, 0.1) is 0 Å². The largest absolute Gasteiger partial charge is 0.497 e. The Morgan fingerprint density at radius 1 is 1.03 bits per heavy atom. The highest BCUT2D eigenvalue weighted by molar-refractivity contribution is 6.04. The van der Waals surface area contributed by atoms with Gasteiger partial charge in [-0.15, -0.1) is 0 Å². The van der Waals surface area contributed by atoms with Crippen molar-refractivity contribution >= 4 is 29.0 Å². The third-order valence-corrected chi connectivity index (χ3v) is 5.37. The normalized spacial score (nSPS) is 11.7. The van der Waals surface area contributed by atoms with Gasteiger partial charge < -0.3 is 14.9 Å². The van der Waals surface area contributed by atoms with E-state index >= 15 is 0 Å². The number of rotatable bonds is 6. The summed E-state index contributed by atoms with van der Waals surface area (Å²) in [7, 11) is 1.48. The quantitative estimate of drug-likeness (QED) is 0.261. The van der Waals surface area contributed by atoms with E-state index in [2.05, 4.69) is 10.5 Å². The van der Waals surface area contributed by atoms with Crippen LogP contribution in [0.3, 0.4) is 0 Å². The lowest BCUT2D eigenvalue weighted by atomic mass is 10.1. The van der Waals surface area contributed by atoms with Crippen LogP contribution in [0.15, 0.2) is 71.8 Å². The molecule has 1 amide bonds. The van der Waals surface area contributed by atoms with Gasteiger partial charge in [-0.05, 0) is 54.6 Å². The van der Waals surface area contributed by atoms with Crippen LogP contribution < -0.4 is 10.2 Å². The minimum absolute atomic E-state index is 0.0227. The molecule has 8 nitrogen and oxygen atoms in total. The predicted octanol–water partition coefficient (Wildman–Crippen LogP) is 4.83. The number of nitrogens with zero attached hydrogens (tertiary/aromatic N) is 2. The van der Waals surface area contributed by atoms with E-state index in [1.54, 1.807) is 12.1 Å². The highest BCUT2D eigenvalue weighted by Gasteiger charge is 2.31. The minimum Gasteiger partial charge on any atom is -0.497 e. The lowest BCUT2D eigenvalue weighted by molar-refractivity contribution is -0.137. The number of benzene rings is 3. The molecule has 0 saturated heterocycles. The van der Waals surface area contributed by atoms with Crippen LogP contribution in [0.2, 0.25) is 0 Å². The number of carboxylic acid groups (broad SMARTS) is 1. The van der Waals surface area contributed by atoms with Gasteiger partial charge >= 0.3 is 12.1 Å². The first-order chi connectivity index (χ1) is 17.1. The molecule has 184 valence electrons. The average Bonchev–Trinajstić information content (AvgIpc) is 3.14. The number of amides is 1. The Labute approximate surface area is 201 Å². The number of carbonyl (C=O) groups excluding carboxylic acids is 1. The maximum atomic E-state index is 13.4. The predicted molar refractivity (Wildman–Crippen MR) is 125 cm³/mol. The third kappa shape index (κ3) is 4.71. The lowest BCUT2D eigenvalue weighted by Crippen LogP contribution is -2.17. The van der Waals surface area contributed by atoms with Crippen molar-refractivity contribution in [3.8, 4) is 17.3 Å². The summed E-state index contributed by atoms with van der Waals surface area (Å²) in [4.78, 5) is 23.7. The highest BCUT2D eigenvalue weighted by Crippen LogP contribution is 2.37. The zero-order chi connectivity index (χ0) is 26.0. The van der Waals surface area contributed by atoms with Crippen LogP contribution >= 0.6 is 0 Å². The van der Waals surface area contributed by atoms with Gasteiger partial charge in [-0.25, -0.2) is 10.2 Å². The number of hydrogen-bond donors (Lipinski definition) is 3. The Morgan fingerprint density at radius 3 is 2.39 bits per heavy atom. The smallest absolute Gasteiger partial charge is 0.416 e. The molecule has 1 heterocycles. The summed E-state index contributed by atoms with van der Waals surface area (Å²) in [5, 5.41) is 24.3. The van der Waals surface area contributed by atoms with Gasteiger partial charge in [0.05, 0.1) is 35.5 Å². The van der Waals surface area contributed by atoms with Crippen molar-refractivity contribution in [3.05, 3.63) is 89.0 Å². The van der Waals surface area contributed by atoms with Crippen molar-refractivity contribution in [2.45, 2.75) is 6.18 Å². The van der Waals surface area contributed by atoms with E-state index in [1.165, 1.54) is 49.6 Å². The number of halogens is 3. The summed E-state index contributed by atoms with van der Waals surface area (Å²) in [6, 6.07) is 14.4. The maximum Gasteiger partial charge on any atom is 0.416 e. The number of carboxylic acids is 1. The molecule has 0 aliphatic rings. The van der Waals surface area contributed by atoms with Crippen molar-refractivity contribution < 1.29 is 37.7 Å². The van der Waals surface area contributed by atoms with E-state index in [-0.39, 0.29) is 33.3 Å². The first-order valence-electron chi connectivity index (χ1n) is 10.4. The number of hydrogen-bond acceptors (Lipinski definition) is 5. The average molecular weight is 497 g/mol. The summed E-state index contributed by atoms with van der Waals surface area (Å²) in [6.45, 7) is 0. The van der Waals surface area contributed by atoms with Gasteiger partial charge in [0.2, 0.25) is 5.88 Å². The van der Waals surface area contributed by atoms with Crippen molar-refractivity contribution in [1.82, 2.24) is 9.99 Å². The van der Waals surface area contributed by atoms with Crippen molar-refractivity contribution in [2.24, 2.45) is 5.10 Å². The summed E-state index contributed by atoms with van der Waals surface area (Å²) < 4.78 is 46.3. The number of alkyl halides is 3. The van der Waals surface area contributed by atoms with E-state index in [0.717, 1.165) is 22.9 Å². The third-order valence-electron chi connectivity index (χ3n) is 5.37. The van der Waals surface area contributed by atoms with E-state index in [4.69, 9.17) is 4.74 Å². The molecule has 3 aromatic carbocycles. The first kappa shape index (κ1) is 24.3. The zero-order valence-corrected chi connectivity index (χ0v) is 18.6. The van der Waals surface area contributed by atoms with E-state index in [9.17, 15) is 33.0 Å².